The third kappa shape index (κ3) is 3.72. The van der Waals surface area contributed by atoms with Crippen molar-refractivity contribution in [3.05, 3.63) is 30.1 Å². The molecule has 1 aromatic rings. The van der Waals surface area contributed by atoms with Crippen molar-refractivity contribution in [1.82, 2.24) is 4.90 Å². The van der Waals surface area contributed by atoms with Gasteiger partial charge < -0.3 is 10.2 Å². The number of likely N-dealkylation sites (tertiary alicyclic amines) is 1. The van der Waals surface area contributed by atoms with E-state index in [9.17, 15) is 9.18 Å². The van der Waals surface area contributed by atoms with Crippen LogP contribution in [0.3, 0.4) is 0 Å². The maximum Gasteiger partial charge on any atom is 0.241 e. The minimum absolute atomic E-state index is 0.0983. The van der Waals surface area contributed by atoms with Gasteiger partial charge in [-0.15, -0.1) is 0 Å². The van der Waals surface area contributed by atoms with Gasteiger partial charge in [0.2, 0.25) is 5.91 Å². The molecule has 3 nitrogen and oxygen atoms in total. The predicted octanol–water partition coefficient (Wildman–Crippen LogP) is 2.64. The zero-order chi connectivity index (χ0) is 12.8. The second-order valence-corrected chi connectivity index (χ2v) is 4.66. The summed E-state index contributed by atoms with van der Waals surface area (Å²) in [6, 6.07) is 6.18. The zero-order valence-electron chi connectivity index (χ0n) is 10.5. The molecule has 0 saturated carbocycles. The number of nitrogens with one attached hydrogen (secondary N) is 1. The molecule has 0 bridgehead atoms. The molecule has 1 amide bonds. The topological polar surface area (TPSA) is 32.3 Å². The summed E-state index contributed by atoms with van der Waals surface area (Å²) >= 11 is 0. The van der Waals surface area contributed by atoms with Gasteiger partial charge in [-0.3, -0.25) is 4.79 Å². The van der Waals surface area contributed by atoms with E-state index in [1.807, 2.05) is 4.90 Å². The van der Waals surface area contributed by atoms with Gasteiger partial charge in [0.05, 0.1) is 6.54 Å². The summed E-state index contributed by atoms with van der Waals surface area (Å²) in [5.74, 6) is -0.191. The number of halogens is 1. The molecule has 1 heterocycles. The highest BCUT2D eigenvalue weighted by Gasteiger charge is 2.14. The standard InChI is InChI=1S/C14H19FN2O/c15-12-6-5-7-13(10-12)16-11-14(18)17-8-3-1-2-4-9-17/h5-7,10,16H,1-4,8-9,11H2. The average Bonchev–Trinajstić information content (AvgIpc) is 2.65. The van der Waals surface area contributed by atoms with Crippen molar-refractivity contribution < 1.29 is 9.18 Å². The summed E-state index contributed by atoms with van der Waals surface area (Å²) in [7, 11) is 0. The highest BCUT2D eigenvalue weighted by atomic mass is 19.1. The summed E-state index contributed by atoms with van der Waals surface area (Å²) in [6.45, 7) is 1.94. The number of amides is 1. The minimum atomic E-state index is -0.290. The maximum absolute atomic E-state index is 13.0. The second kappa shape index (κ2) is 6.38. The zero-order valence-corrected chi connectivity index (χ0v) is 10.5. The number of hydrogen-bond donors (Lipinski definition) is 1. The molecule has 18 heavy (non-hydrogen) atoms. The van der Waals surface area contributed by atoms with E-state index in [1.165, 1.54) is 25.0 Å². The van der Waals surface area contributed by atoms with Crippen LogP contribution in [0.15, 0.2) is 24.3 Å². The van der Waals surface area contributed by atoms with Crippen molar-refractivity contribution in [3.63, 3.8) is 0 Å². The van der Waals surface area contributed by atoms with Gasteiger partial charge in [-0.1, -0.05) is 18.9 Å². The minimum Gasteiger partial charge on any atom is -0.376 e. The number of carbonyl (C=O) groups excluding carboxylic acids is 1. The summed E-state index contributed by atoms with van der Waals surface area (Å²) in [5, 5.41) is 2.97. The SMILES string of the molecule is O=C(CNc1cccc(F)c1)N1CCCCCC1. The van der Waals surface area contributed by atoms with Gasteiger partial charge in [-0.05, 0) is 31.0 Å². The fourth-order valence-electron chi connectivity index (χ4n) is 2.21. The molecule has 2 rings (SSSR count). The lowest BCUT2D eigenvalue weighted by molar-refractivity contribution is -0.129. The number of nitrogens with zero attached hydrogens (tertiary/aromatic N) is 1. The average molecular weight is 250 g/mol. The molecule has 1 aliphatic heterocycles. The number of benzene rings is 1. The highest BCUT2D eigenvalue weighted by molar-refractivity contribution is 5.80. The first-order chi connectivity index (χ1) is 8.75. The van der Waals surface area contributed by atoms with E-state index >= 15 is 0 Å². The monoisotopic (exact) mass is 250 g/mol. The normalized spacial score (nSPS) is 16.2. The Morgan fingerprint density at radius 1 is 1.22 bits per heavy atom. The molecule has 0 aromatic heterocycles. The van der Waals surface area contributed by atoms with Gasteiger partial charge in [0.1, 0.15) is 5.82 Å². The Morgan fingerprint density at radius 3 is 2.61 bits per heavy atom. The van der Waals surface area contributed by atoms with Gasteiger partial charge >= 0.3 is 0 Å². The van der Waals surface area contributed by atoms with Gasteiger partial charge in [-0.2, -0.15) is 0 Å². The molecule has 0 aliphatic carbocycles. The lowest BCUT2D eigenvalue weighted by atomic mass is 10.2. The second-order valence-electron chi connectivity index (χ2n) is 4.66. The van der Waals surface area contributed by atoms with E-state index in [-0.39, 0.29) is 18.3 Å². The Balaban J connectivity index is 1.83. The first-order valence-corrected chi connectivity index (χ1v) is 6.53. The molecule has 1 saturated heterocycles. The van der Waals surface area contributed by atoms with Crippen LogP contribution in [0.1, 0.15) is 25.7 Å². The van der Waals surface area contributed by atoms with Crippen LogP contribution in [0.4, 0.5) is 10.1 Å². The van der Waals surface area contributed by atoms with E-state index < -0.39 is 0 Å². The first kappa shape index (κ1) is 12.9. The third-order valence-corrected chi connectivity index (χ3v) is 3.23. The van der Waals surface area contributed by atoms with Gasteiger partial charge in [0.15, 0.2) is 0 Å². The van der Waals surface area contributed by atoms with Crippen molar-refractivity contribution in [2.24, 2.45) is 0 Å². The van der Waals surface area contributed by atoms with Crippen LogP contribution in [-0.4, -0.2) is 30.4 Å². The maximum atomic E-state index is 13.0. The van der Waals surface area contributed by atoms with Crippen LogP contribution in [0.25, 0.3) is 0 Å². The van der Waals surface area contributed by atoms with E-state index in [2.05, 4.69) is 5.32 Å². The van der Waals surface area contributed by atoms with Crippen molar-refractivity contribution in [2.45, 2.75) is 25.7 Å². The Labute approximate surface area is 107 Å². The van der Waals surface area contributed by atoms with Crippen molar-refractivity contribution in [1.29, 1.82) is 0 Å². The molecule has 0 radical (unpaired) electrons. The molecule has 0 unspecified atom stereocenters. The molecule has 0 atom stereocenters. The van der Waals surface area contributed by atoms with Crippen LogP contribution >= 0.6 is 0 Å². The quantitative estimate of drug-likeness (QED) is 0.894. The Morgan fingerprint density at radius 2 is 1.94 bits per heavy atom. The van der Waals surface area contributed by atoms with E-state index in [0.29, 0.717) is 5.69 Å². The molecule has 1 aromatic carbocycles. The van der Waals surface area contributed by atoms with Crippen LogP contribution < -0.4 is 5.32 Å². The third-order valence-electron chi connectivity index (χ3n) is 3.23. The van der Waals surface area contributed by atoms with Crippen LogP contribution in [0.2, 0.25) is 0 Å². The summed E-state index contributed by atoms with van der Waals surface area (Å²) < 4.78 is 13.0. The van der Waals surface area contributed by atoms with Crippen molar-refractivity contribution in [2.75, 3.05) is 25.0 Å². The van der Waals surface area contributed by atoms with Gasteiger partial charge in [0.25, 0.3) is 0 Å². The van der Waals surface area contributed by atoms with Crippen molar-refractivity contribution in [3.8, 4) is 0 Å². The molecule has 0 spiro atoms. The molecular weight excluding hydrogens is 231 g/mol. The van der Waals surface area contributed by atoms with E-state index in [0.717, 1.165) is 25.9 Å². The molecule has 1 N–H and O–H groups in total. The number of anilines is 1. The molecule has 4 heteroatoms. The summed E-state index contributed by atoms with van der Waals surface area (Å²) in [4.78, 5) is 13.9. The molecule has 1 fully saturated rings. The fourth-order valence-corrected chi connectivity index (χ4v) is 2.21. The van der Waals surface area contributed by atoms with Gasteiger partial charge in [0, 0.05) is 18.8 Å². The number of hydrogen-bond acceptors (Lipinski definition) is 2. The Hall–Kier alpha value is -1.58. The van der Waals surface area contributed by atoms with Crippen LogP contribution in [0.5, 0.6) is 0 Å². The molecule has 98 valence electrons. The lowest BCUT2D eigenvalue weighted by Crippen LogP contribution is -2.36. The highest BCUT2D eigenvalue weighted by Crippen LogP contribution is 2.11. The fraction of sp³-hybridized carbons (Fsp3) is 0.500. The Kier molecular flexibility index (Phi) is 4.56. The molecular formula is C14H19FN2O. The smallest absolute Gasteiger partial charge is 0.241 e. The van der Waals surface area contributed by atoms with Gasteiger partial charge in [-0.25, -0.2) is 4.39 Å². The number of rotatable bonds is 3. The van der Waals surface area contributed by atoms with Crippen LogP contribution in [0, 0.1) is 5.82 Å². The largest absolute Gasteiger partial charge is 0.376 e. The number of carbonyl (C=O) groups is 1. The Bertz CT molecular complexity index is 401. The van der Waals surface area contributed by atoms with E-state index in [1.54, 1.807) is 12.1 Å². The predicted molar refractivity (Wildman–Crippen MR) is 69.9 cm³/mol. The first-order valence-electron chi connectivity index (χ1n) is 6.53. The summed E-state index contributed by atoms with van der Waals surface area (Å²) in [6.07, 6.45) is 4.60. The van der Waals surface area contributed by atoms with E-state index in [4.69, 9.17) is 0 Å². The summed E-state index contributed by atoms with van der Waals surface area (Å²) in [5.41, 5.74) is 0.651. The molecule has 1 aliphatic rings. The van der Waals surface area contributed by atoms with Crippen molar-refractivity contribution >= 4 is 11.6 Å². The van der Waals surface area contributed by atoms with Crippen LogP contribution in [-0.2, 0) is 4.79 Å². The lowest BCUT2D eigenvalue weighted by Gasteiger charge is -2.20.